The van der Waals surface area contributed by atoms with Crippen LogP contribution in [0, 0.1) is 11.6 Å². The molecule has 1 rings (SSSR count). The summed E-state index contributed by atoms with van der Waals surface area (Å²) in [7, 11) is 0. The average Bonchev–Trinajstić information content (AvgIpc) is 2.18. The van der Waals surface area contributed by atoms with E-state index >= 15 is 0 Å². The van der Waals surface area contributed by atoms with Gasteiger partial charge in [0.1, 0.15) is 18.2 Å². The molecule has 0 aliphatic rings. The number of esters is 1. The smallest absolute Gasteiger partial charge is 0.325 e. The van der Waals surface area contributed by atoms with Crippen LogP contribution < -0.4 is 5.32 Å². The molecule has 1 N–H and O–H groups in total. The van der Waals surface area contributed by atoms with E-state index in [9.17, 15) is 13.6 Å². The Kier molecular flexibility index (Phi) is 4.22. The molecule has 0 aromatic heterocycles. The highest BCUT2D eigenvalue weighted by Gasteiger charge is 2.08. The van der Waals surface area contributed by atoms with Crippen molar-refractivity contribution in [1.82, 2.24) is 0 Å². The SMILES string of the molecule is CC(C)OC(=O)CNc1cc(F)ccc1F. The van der Waals surface area contributed by atoms with Crippen LogP contribution in [0.1, 0.15) is 13.8 Å². The number of anilines is 1. The van der Waals surface area contributed by atoms with Crippen molar-refractivity contribution in [2.45, 2.75) is 20.0 Å². The predicted octanol–water partition coefficient (Wildman–Crippen LogP) is 2.33. The van der Waals surface area contributed by atoms with Crippen LogP contribution in [0.2, 0.25) is 0 Å². The maximum Gasteiger partial charge on any atom is 0.325 e. The minimum absolute atomic E-state index is 0.0549. The molecule has 0 aliphatic carbocycles. The molecule has 0 saturated carbocycles. The second-order valence-electron chi connectivity index (χ2n) is 3.52. The molecule has 1 aromatic carbocycles. The maximum atomic E-state index is 13.1. The van der Waals surface area contributed by atoms with Crippen molar-refractivity contribution in [3.63, 3.8) is 0 Å². The zero-order chi connectivity index (χ0) is 12.1. The molecule has 0 heterocycles. The van der Waals surface area contributed by atoms with E-state index in [1.54, 1.807) is 13.8 Å². The molecule has 0 radical (unpaired) electrons. The zero-order valence-electron chi connectivity index (χ0n) is 9.09. The van der Waals surface area contributed by atoms with Gasteiger partial charge in [-0.1, -0.05) is 0 Å². The van der Waals surface area contributed by atoms with Gasteiger partial charge in [-0.05, 0) is 32.0 Å². The van der Waals surface area contributed by atoms with Crippen LogP contribution in [0.5, 0.6) is 0 Å². The Morgan fingerprint density at radius 3 is 2.75 bits per heavy atom. The Balaban J connectivity index is 2.54. The molecule has 0 aliphatic heterocycles. The Labute approximate surface area is 92.4 Å². The van der Waals surface area contributed by atoms with Gasteiger partial charge in [0, 0.05) is 0 Å². The van der Waals surface area contributed by atoms with Crippen molar-refractivity contribution < 1.29 is 18.3 Å². The molecule has 0 saturated heterocycles. The number of rotatable bonds is 4. The fraction of sp³-hybridized carbons (Fsp3) is 0.364. The highest BCUT2D eigenvalue weighted by molar-refractivity contribution is 5.75. The third-order valence-corrected chi connectivity index (χ3v) is 1.72. The van der Waals surface area contributed by atoms with Crippen molar-refractivity contribution in [2.24, 2.45) is 0 Å². The number of hydrogen-bond donors (Lipinski definition) is 1. The van der Waals surface area contributed by atoms with E-state index < -0.39 is 17.6 Å². The lowest BCUT2D eigenvalue weighted by Gasteiger charge is -2.10. The van der Waals surface area contributed by atoms with Crippen molar-refractivity contribution in [3.8, 4) is 0 Å². The topological polar surface area (TPSA) is 38.3 Å². The number of carbonyl (C=O) groups excluding carboxylic acids is 1. The van der Waals surface area contributed by atoms with Gasteiger partial charge in [0.25, 0.3) is 0 Å². The van der Waals surface area contributed by atoms with E-state index in [-0.39, 0.29) is 18.3 Å². The standard InChI is InChI=1S/C11H13F2NO2/c1-7(2)16-11(15)6-14-10-5-8(12)3-4-9(10)13/h3-5,7,14H,6H2,1-2H3. The molecule has 88 valence electrons. The third-order valence-electron chi connectivity index (χ3n) is 1.72. The second-order valence-corrected chi connectivity index (χ2v) is 3.52. The molecule has 5 heteroatoms. The van der Waals surface area contributed by atoms with Gasteiger partial charge >= 0.3 is 5.97 Å². The monoisotopic (exact) mass is 229 g/mol. The van der Waals surface area contributed by atoms with Gasteiger partial charge in [0.2, 0.25) is 0 Å². The van der Waals surface area contributed by atoms with Crippen LogP contribution in [0.4, 0.5) is 14.5 Å². The number of benzene rings is 1. The molecule has 0 bridgehead atoms. The van der Waals surface area contributed by atoms with Crippen LogP contribution in [0.25, 0.3) is 0 Å². The lowest BCUT2D eigenvalue weighted by Crippen LogP contribution is -2.20. The summed E-state index contributed by atoms with van der Waals surface area (Å²) in [5.74, 6) is -1.70. The number of hydrogen-bond acceptors (Lipinski definition) is 3. The first-order chi connectivity index (χ1) is 7.49. The van der Waals surface area contributed by atoms with E-state index in [2.05, 4.69) is 5.32 Å². The summed E-state index contributed by atoms with van der Waals surface area (Å²) in [6.45, 7) is 3.22. The Hall–Kier alpha value is -1.65. The summed E-state index contributed by atoms with van der Waals surface area (Å²) in [6.07, 6.45) is -0.230. The van der Waals surface area contributed by atoms with E-state index in [4.69, 9.17) is 4.74 Å². The van der Waals surface area contributed by atoms with E-state index in [1.165, 1.54) is 0 Å². The zero-order valence-corrected chi connectivity index (χ0v) is 9.09. The number of nitrogens with one attached hydrogen (secondary N) is 1. The van der Waals surface area contributed by atoms with Crippen molar-refractivity contribution >= 4 is 11.7 Å². The fourth-order valence-corrected chi connectivity index (χ4v) is 1.10. The highest BCUT2D eigenvalue weighted by atomic mass is 19.1. The molecular weight excluding hydrogens is 216 g/mol. The lowest BCUT2D eigenvalue weighted by atomic mass is 10.3. The second kappa shape index (κ2) is 5.44. The molecular formula is C11H13F2NO2. The van der Waals surface area contributed by atoms with Gasteiger partial charge in [-0.25, -0.2) is 8.78 Å². The van der Waals surface area contributed by atoms with Crippen LogP contribution in [-0.2, 0) is 9.53 Å². The van der Waals surface area contributed by atoms with Crippen LogP contribution in [0.15, 0.2) is 18.2 Å². The van der Waals surface area contributed by atoms with Crippen molar-refractivity contribution in [1.29, 1.82) is 0 Å². The van der Waals surface area contributed by atoms with Gasteiger partial charge in [-0.2, -0.15) is 0 Å². The van der Waals surface area contributed by atoms with Crippen molar-refractivity contribution in [2.75, 3.05) is 11.9 Å². The van der Waals surface area contributed by atoms with Gasteiger partial charge in [0.05, 0.1) is 11.8 Å². The van der Waals surface area contributed by atoms with Gasteiger partial charge in [-0.3, -0.25) is 4.79 Å². The van der Waals surface area contributed by atoms with Crippen molar-refractivity contribution in [3.05, 3.63) is 29.8 Å². The van der Waals surface area contributed by atoms with E-state index in [0.717, 1.165) is 18.2 Å². The summed E-state index contributed by atoms with van der Waals surface area (Å²) in [5.41, 5.74) is -0.0549. The number of halogens is 2. The molecule has 0 atom stereocenters. The molecule has 0 amide bonds. The Morgan fingerprint density at radius 1 is 1.44 bits per heavy atom. The summed E-state index contributed by atoms with van der Waals surface area (Å²) in [5, 5.41) is 2.47. The first-order valence-electron chi connectivity index (χ1n) is 4.87. The summed E-state index contributed by atoms with van der Waals surface area (Å²) in [4.78, 5) is 11.1. The van der Waals surface area contributed by atoms with Crippen LogP contribution >= 0.6 is 0 Å². The minimum atomic E-state index is -0.612. The average molecular weight is 229 g/mol. The summed E-state index contributed by atoms with van der Waals surface area (Å²) >= 11 is 0. The highest BCUT2D eigenvalue weighted by Crippen LogP contribution is 2.14. The summed E-state index contributed by atoms with van der Waals surface area (Å²) in [6, 6.07) is 2.98. The van der Waals surface area contributed by atoms with Crippen LogP contribution in [-0.4, -0.2) is 18.6 Å². The molecule has 1 aromatic rings. The molecule has 0 unspecified atom stereocenters. The first-order valence-corrected chi connectivity index (χ1v) is 4.87. The minimum Gasteiger partial charge on any atom is -0.462 e. The van der Waals surface area contributed by atoms with Gasteiger partial charge < -0.3 is 10.1 Å². The molecule has 0 fully saturated rings. The molecule has 3 nitrogen and oxygen atoms in total. The normalized spacial score (nSPS) is 10.3. The Bertz CT molecular complexity index is 380. The van der Waals surface area contributed by atoms with Crippen LogP contribution in [0.3, 0.4) is 0 Å². The first kappa shape index (κ1) is 12.4. The maximum absolute atomic E-state index is 13.1. The summed E-state index contributed by atoms with van der Waals surface area (Å²) < 4.78 is 30.7. The predicted molar refractivity (Wildman–Crippen MR) is 56.1 cm³/mol. The lowest BCUT2D eigenvalue weighted by molar-refractivity contribution is -0.145. The molecule has 0 spiro atoms. The number of ether oxygens (including phenoxy) is 1. The van der Waals surface area contributed by atoms with E-state index in [0.29, 0.717) is 0 Å². The van der Waals surface area contributed by atoms with Gasteiger partial charge in [0.15, 0.2) is 0 Å². The Morgan fingerprint density at radius 2 is 2.12 bits per heavy atom. The fourth-order valence-electron chi connectivity index (χ4n) is 1.10. The molecule has 16 heavy (non-hydrogen) atoms. The quantitative estimate of drug-likeness (QED) is 0.805. The number of carbonyl (C=O) groups is 1. The third kappa shape index (κ3) is 3.84. The van der Waals surface area contributed by atoms with E-state index in [1.807, 2.05) is 0 Å². The van der Waals surface area contributed by atoms with Gasteiger partial charge in [-0.15, -0.1) is 0 Å². The largest absolute Gasteiger partial charge is 0.462 e.